The third-order valence-electron chi connectivity index (χ3n) is 4.03. The van der Waals surface area contributed by atoms with Gasteiger partial charge >= 0.3 is 11.9 Å². The molecule has 0 saturated carbocycles. The number of furan rings is 1. The lowest BCUT2D eigenvalue weighted by Crippen LogP contribution is -2.11. The molecule has 30 heavy (non-hydrogen) atoms. The minimum Gasteiger partial charge on any atom is -0.465 e. The number of ether oxygens (including phenoxy) is 1. The molecule has 10 heteroatoms. The molecule has 0 atom stereocenters. The monoisotopic (exact) mass is 446 g/mol. The molecular weight excluding hydrogens is 432 g/mol. The van der Waals surface area contributed by atoms with Gasteiger partial charge in [0.15, 0.2) is 0 Å². The van der Waals surface area contributed by atoms with E-state index in [1.54, 1.807) is 24.3 Å². The molecule has 0 bridgehead atoms. The van der Waals surface area contributed by atoms with E-state index in [4.69, 9.17) is 20.8 Å². The van der Waals surface area contributed by atoms with Crippen molar-refractivity contribution < 1.29 is 23.7 Å². The fraction of sp³-hybridized carbons (Fsp3) is 0.100. The second kappa shape index (κ2) is 8.93. The number of hydrogen-bond donors (Lipinski definition) is 1. The van der Waals surface area contributed by atoms with Gasteiger partial charge in [0.2, 0.25) is 5.91 Å². The molecule has 0 radical (unpaired) electrons. The van der Waals surface area contributed by atoms with Crippen molar-refractivity contribution in [1.82, 2.24) is 0 Å². The van der Waals surface area contributed by atoms with E-state index in [0.717, 1.165) is 16.5 Å². The number of benzene rings is 1. The van der Waals surface area contributed by atoms with Crippen LogP contribution in [0.1, 0.15) is 21.0 Å². The van der Waals surface area contributed by atoms with E-state index >= 15 is 0 Å². The van der Waals surface area contributed by atoms with Gasteiger partial charge in [0, 0.05) is 21.5 Å². The highest BCUT2D eigenvalue weighted by atomic mass is 35.5. The maximum atomic E-state index is 12.4. The molecule has 1 N–H and O–H groups in total. The molecule has 8 nitrogen and oxygen atoms in total. The first kappa shape index (κ1) is 21.3. The molecule has 1 amide bonds. The van der Waals surface area contributed by atoms with E-state index in [9.17, 15) is 19.7 Å². The number of nitrogens with one attached hydrogen (secondary N) is 1. The van der Waals surface area contributed by atoms with Crippen molar-refractivity contribution in [2.24, 2.45) is 0 Å². The summed E-state index contributed by atoms with van der Waals surface area (Å²) < 4.78 is 9.87. The molecule has 2 aromatic heterocycles. The topological polar surface area (TPSA) is 112 Å². The number of hydrogen-bond acceptors (Lipinski definition) is 7. The van der Waals surface area contributed by atoms with E-state index in [1.165, 1.54) is 36.7 Å². The average molecular weight is 447 g/mol. The summed E-state index contributed by atoms with van der Waals surface area (Å²) in [7, 11) is 1.26. The number of halogens is 1. The third-order valence-corrected chi connectivity index (χ3v) is 5.31. The number of anilines is 1. The highest BCUT2D eigenvalue weighted by Crippen LogP contribution is 2.40. The van der Waals surface area contributed by atoms with Gasteiger partial charge in [-0.1, -0.05) is 23.7 Å². The quantitative estimate of drug-likeness (QED) is 0.237. The first-order valence-electron chi connectivity index (χ1n) is 8.51. The number of esters is 1. The van der Waals surface area contributed by atoms with Gasteiger partial charge in [0.05, 0.1) is 13.2 Å². The number of aryl methyl sites for hydroxylation is 1. The Kier molecular flexibility index (Phi) is 6.34. The van der Waals surface area contributed by atoms with Crippen molar-refractivity contribution in [3.05, 3.63) is 73.8 Å². The van der Waals surface area contributed by atoms with Crippen LogP contribution in [0.15, 0.2) is 46.9 Å². The summed E-state index contributed by atoms with van der Waals surface area (Å²) in [6.07, 6.45) is 2.45. The second-order valence-corrected chi connectivity index (χ2v) is 7.65. The van der Waals surface area contributed by atoms with Gasteiger partial charge in [-0.2, -0.15) is 0 Å². The van der Waals surface area contributed by atoms with Crippen molar-refractivity contribution in [1.29, 1.82) is 0 Å². The van der Waals surface area contributed by atoms with Crippen LogP contribution < -0.4 is 5.32 Å². The first-order chi connectivity index (χ1) is 14.3. The van der Waals surface area contributed by atoms with Crippen LogP contribution in [-0.4, -0.2) is 23.9 Å². The molecule has 3 rings (SSSR count). The second-order valence-electron chi connectivity index (χ2n) is 5.99. The van der Waals surface area contributed by atoms with E-state index in [1.807, 2.05) is 6.92 Å². The summed E-state index contributed by atoms with van der Waals surface area (Å²) in [6.45, 7) is 1.83. The van der Waals surface area contributed by atoms with Crippen LogP contribution in [0.2, 0.25) is 5.02 Å². The molecule has 0 aliphatic heterocycles. The normalized spacial score (nSPS) is 10.9. The SMILES string of the molecule is COC(=O)c1c(NC(=O)/C=C/c2ccc([N+](=O)[O-])o2)sc(C)c1-c1ccc(Cl)cc1. The number of carbonyl (C=O) groups excluding carboxylic acids is 2. The van der Waals surface area contributed by atoms with Gasteiger partial charge in [0.25, 0.3) is 0 Å². The molecule has 3 aromatic rings. The molecule has 0 fully saturated rings. The summed E-state index contributed by atoms with van der Waals surface area (Å²) in [4.78, 5) is 35.6. The predicted octanol–water partition coefficient (Wildman–Crippen LogP) is 5.32. The largest absolute Gasteiger partial charge is 0.465 e. The highest BCUT2D eigenvalue weighted by molar-refractivity contribution is 7.17. The summed E-state index contributed by atoms with van der Waals surface area (Å²) in [6, 6.07) is 9.53. The van der Waals surface area contributed by atoms with E-state index < -0.39 is 22.7 Å². The minimum absolute atomic E-state index is 0.147. The first-order valence-corrected chi connectivity index (χ1v) is 9.70. The number of carbonyl (C=O) groups is 2. The van der Waals surface area contributed by atoms with Gasteiger partial charge in [-0.3, -0.25) is 14.9 Å². The summed E-state index contributed by atoms with van der Waals surface area (Å²) in [5, 5.41) is 14.2. The van der Waals surface area contributed by atoms with Crippen molar-refractivity contribution in [3.63, 3.8) is 0 Å². The van der Waals surface area contributed by atoms with Crippen LogP contribution in [0.3, 0.4) is 0 Å². The van der Waals surface area contributed by atoms with Crippen LogP contribution in [-0.2, 0) is 9.53 Å². The number of rotatable bonds is 6. The number of thiophene rings is 1. The number of nitro groups is 1. The Bertz CT molecular complexity index is 1150. The van der Waals surface area contributed by atoms with Gasteiger partial charge in [-0.15, -0.1) is 11.3 Å². The lowest BCUT2D eigenvalue weighted by Gasteiger charge is -2.07. The zero-order valence-corrected chi connectivity index (χ0v) is 17.4. The Morgan fingerprint density at radius 3 is 2.53 bits per heavy atom. The number of methoxy groups -OCH3 is 1. The molecule has 0 unspecified atom stereocenters. The lowest BCUT2D eigenvalue weighted by molar-refractivity contribution is -0.402. The summed E-state index contributed by atoms with van der Waals surface area (Å²) >= 11 is 7.18. The van der Waals surface area contributed by atoms with Crippen LogP contribution >= 0.6 is 22.9 Å². The smallest absolute Gasteiger partial charge is 0.433 e. The van der Waals surface area contributed by atoms with Crippen molar-refractivity contribution in [2.75, 3.05) is 12.4 Å². The Morgan fingerprint density at radius 2 is 1.93 bits per heavy atom. The highest BCUT2D eigenvalue weighted by Gasteiger charge is 2.24. The van der Waals surface area contributed by atoms with Gasteiger partial charge in [0.1, 0.15) is 21.2 Å². The zero-order valence-electron chi connectivity index (χ0n) is 15.8. The summed E-state index contributed by atoms with van der Waals surface area (Å²) in [5.74, 6) is -1.41. The Balaban J connectivity index is 1.89. The van der Waals surface area contributed by atoms with Crippen molar-refractivity contribution in [2.45, 2.75) is 6.92 Å². The Labute approximate surface area is 179 Å². The Morgan fingerprint density at radius 1 is 1.23 bits per heavy atom. The fourth-order valence-electron chi connectivity index (χ4n) is 2.74. The van der Waals surface area contributed by atoms with Gasteiger partial charge < -0.3 is 14.5 Å². The molecule has 1 aromatic carbocycles. The average Bonchev–Trinajstić information content (AvgIpc) is 3.31. The van der Waals surface area contributed by atoms with Crippen LogP contribution in [0, 0.1) is 17.0 Å². The van der Waals surface area contributed by atoms with Crippen molar-refractivity contribution in [3.8, 4) is 11.1 Å². The molecule has 2 heterocycles. The molecule has 0 aliphatic rings. The van der Waals surface area contributed by atoms with Crippen LogP contribution in [0.4, 0.5) is 10.9 Å². The van der Waals surface area contributed by atoms with Gasteiger partial charge in [-0.25, -0.2) is 4.79 Å². The van der Waals surface area contributed by atoms with E-state index in [0.29, 0.717) is 15.6 Å². The maximum absolute atomic E-state index is 12.4. The fourth-order valence-corrected chi connectivity index (χ4v) is 3.93. The standard InChI is InChI=1S/C20H15ClN2O6S/c1-11-17(12-3-5-13(21)6-4-12)18(20(25)28-2)19(30-11)22-15(24)9-7-14-8-10-16(29-14)23(26)27/h3-10H,1-2H3,(H,22,24)/b9-7+. The third kappa shape index (κ3) is 4.58. The molecule has 0 saturated heterocycles. The van der Waals surface area contributed by atoms with Crippen molar-refractivity contribution >= 4 is 51.8 Å². The lowest BCUT2D eigenvalue weighted by atomic mass is 10.0. The van der Waals surface area contributed by atoms with E-state index in [-0.39, 0.29) is 11.3 Å². The number of nitrogens with zero attached hydrogens (tertiary/aromatic N) is 1. The van der Waals surface area contributed by atoms with Crippen LogP contribution in [0.25, 0.3) is 17.2 Å². The maximum Gasteiger partial charge on any atom is 0.433 e. The molecule has 154 valence electrons. The van der Waals surface area contributed by atoms with E-state index in [2.05, 4.69) is 5.32 Å². The number of amides is 1. The summed E-state index contributed by atoms with van der Waals surface area (Å²) in [5.41, 5.74) is 1.63. The Hall–Kier alpha value is -3.43. The minimum atomic E-state index is -0.674. The molecular formula is C20H15ClN2O6S. The molecule has 0 spiro atoms. The molecule has 0 aliphatic carbocycles. The van der Waals surface area contributed by atoms with Gasteiger partial charge in [-0.05, 0) is 36.8 Å². The zero-order chi connectivity index (χ0) is 21.8. The van der Waals surface area contributed by atoms with Crippen LogP contribution in [0.5, 0.6) is 0 Å². The predicted molar refractivity (Wildman–Crippen MR) is 114 cm³/mol.